The van der Waals surface area contributed by atoms with Gasteiger partial charge in [-0.25, -0.2) is 18.6 Å². The lowest BCUT2D eigenvalue weighted by Crippen LogP contribution is -2.03. The molecule has 0 aliphatic rings. The van der Waals surface area contributed by atoms with Crippen LogP contribution in [0.5, 0.6) is 0 Å². The van der Waals surface area contributed by atoms with E-state index in [4.69, 9.17) is 5.11 Å². The maximum Gasteiger partial charge on any atom is 0.357 e. The van der Waals surface area contributed by atoms with Gasteiger partial charge in [0.2, 0.25) is 6.41 Å². The minimum absolute atomic E-state index is 0.0271. The van der Waals surface area contributed by atoms with E-state index in [9.17, 15) is 18.4 Å². The second kappa shape index (κ2) is 5.74. The Labute approximate surface area is 115 Å². The van der Waals surface area contributed by atoms with Crippen molar-refractivity contribution in [3.8, 4) is 0 Å². The fraction of sp³-hybridized carbons (Fsp3) is 0.0833. The molecule has 0 atom stereocenters. The Bertz CT molecular complexity index is 652. The minimum atomic E-state index is -1.33. The molecule has 1 amide bonds. The number of aromatic nitrogens is 1. The Morgan fingerprint density at radius 1 is 1.40 bits per heavy atom. The average molecular weight is 298 g/mol. The van der Waals surface area contributed by atoms with Crippen LogP contribution < -0.4 is 5.32 Å². The van der Waals surface area contributed by atoms with E-state index in [1.54, 1.807) is 0 Å². The lowest BCUT2D eigenvalue weighted by molar-refractivity contribution is -0.105. The Hall–Kier alpha value is -2.35. The van der Waals surface area contributed by atoms with Crippen LogP contribution in [0.3, 0.4) is 0 Å². The molecule has 0 radical (unpaired) electrons. The number of halogens is 2. The van der Waals surface area contributed by atoms with Gasteiger partial charge in [0.05, 0.1) is 0 Å². The number of carboxylic acids is 1. The molecule has 5 nitrogen and oxygen atoms in total. The van der Waals surface area contributed by atoms with Crippen molar-refractivity contribution in [3.05, 3.63) is 46.1 Å². The number of aromatic carboxylic acids is 1. The standard InChI is InChI=1S/C12H8F2N2O3S/c13-7-2-1-3-8(14)6(7)4-9-16-10(12(18)19)11(20-9)15-5-17/h1-3,5H,4H2,(H,15,17)(H,18,19). The number of hydrogen-bond donors (Lipinski definition) is 2. The molecule has 0 aliphatic carbocycles. The van der Waals surface area contributed by atoms with Gasteiger partial charge in [0.25, 0.3) is 0 Å². The van der Waals surface area contributed by atoms with Crippen molar-refractivity contribution in [2.75, 3.05) is 5.32 Å². The van der Waals surface area contributed by atoms with Crippen LogP contribution in [0.25, 0.3) is 0 Å². The molecular weight excluding hydrogens is 290 g/mol. The second-order valence-corrected chi connectivity index (χ2v) is 4.81. The van der Waals surface area contributed by atoms with E-state index in [1.165, 1.54) is 6.07 Å². The summed E-state index contributed by atoms with van der Waals surface area (Å²) < 4.78 is 27.0. The van der Waals surface area contributed by atoms with E-state index in [0.29, 0.717) is 6.41 Å². The molecule has 0 fully saturated rings. The largest absolute Gasteiger partial charge is 0.476 e. The highest BCUT2D eigenvalue weighted by molar-refractivity contribution is 7.16. The lowest BCUT2D eigenvalue weighted by atomic mass is 10.1. The second-order valence-electron chi connectivity index (χ2n) is 3.73. The molecule has 104 valence electrons. The quantitative estimate of drug-likeness (QED) is 0.830. The molecule has 0 unspecified atom stereocenters. The van der Waals surface area contributed by atoms with Crippen molar-refractivity contribution in [1.29, 1.82) is 0 Å². The molecule has 2 rings (SSSR count). The summed E-state index contributed by atoms with van der Waals surface area (Å²) in [5, 5.41) is 11.3. The van der Waals surface area contributed by atoms with Crippen LogP contribution >= 0.6 is 11.3 Å². The highest BCUT2D eigenvalue weighted by atomic mass is 32.1. The number of amides is 1. The maximum atomic E-state index is 13.5. The van der Waals surface area contributed by atoms with Crippen LogP contribution in [0.4, 0.5) is 13.8 Å². The first kappa shape index (κ1) is 14.1. The van der Waals surface area contributed by atoms with Gasteiger partial charge in [0.1, 0.15) is 21.6 Å². The molecule has 1 aromatic carbocycles. The van der Waals surface area contributed by atoms with Crippen LogP contribution in [0.15, 0.2) is 18.2 Å². The Morgan fingerprint density at radius 3 is 2.60 bits per heavy atom. The first-order valence-electron chi connectivity index (χ1n) is 5.39. The normalized spacial score (nSPS) is 10.3. The number of thiazole rings is 1. The van der Waals surface area contributed by atoms with E-state index < -0.39 is 17.6 Å². The van der Waals surface area contributed by atoms with Crippen molar-refractivity contribution in [1.82, 2.24) is 4.98 Å². The molecule has 0 spiro atoms. The predicted molar refractivity (Wildman–Crippen MR) is 67.9 cm³/mol. The SMILES string of the molecule is O=CNc1sc(Cc2c(F)cccc2F)nc1C(=O)O. The zero-order chi connectivity index (χ0) is 14.7. The number of nitrogens with zero attached hydrogens (tertiary/aromatic N) is 1. The number of hydrogen-bond acceptors (Lipinski definition) is 4. The van der Waals surface area contributed by atoms with Gasteiger partial charge in [0.15, 0.2) is 5.69 Å². The molecule has 0 saturated carbocycles. The van der Waals surface area contributed by atoms with Gasteiger partial charge in [-0.05, 0) is 12.1 Å². The van der Waals surface area contributed by atoms with E-state index in [2.05, 4.69) is 10.3 Å². The number of carbonyl (C=O) groups is 2. The summed E-state index contributed by atoms with van der Waals surface area (Å²) in [6.07, 6.45) is 0.122. The smallest absolute Gasteiger partial charge is 0.357 e. The van der Waals surface area contributed by atoms with Crippen molar-refractivity contribution in [3.63, 3.8) is 0 Å². The fourth-order valence-corrected chi connectivity index (χ4v) is 2.51. The van der Waals surface area contributed by atoms with Gasteiger partial charge in [-0.1, -0.05) is 6.07 Å². The predicted octanol–water partition coefficient (Wildman–Crippen LogP) is 2.28. The van der Waals surface area contributed by atoms with Gasteiger partial charge >= 0.3 is 5.97 Å². The molecule has 1 heterocycles. The number of carbonyl (C=O) groups excluding carboxylic acids is 1. The van der Waals surface area contributed by atoms with Gasteiger partial charge < -0.3 is 10.4 Å². The van der Waals surface area contributed by atoms with Gasteiger partial charge in [-0.2, -0.15) is 0 Å². The zero-order valence-electron chi connectivity index (χ0n) is 9.89. The third-order valence-electron chi connectivity index (χ3n) is 2.45. The number of benzene rings is 1. The monoisotopic (exact) mass is 298 g/mol. The van der Waals surface area contributed by atoms with Gasteiger partial charge in [-0.15, -0.1) is 11.3 Å². The van der Waals surface area contributed by atoms with Crippen molar-refractivity contribution in [2.45, 2.75) is 6.42 Å². The Kier molecular flexibility index (Phi) is 4.04. The third-order valence-corrected chi connectivity index (χ3v) is 3.44. The molecule has 2 N–H and O–H groups in total. The minimum Gasteiger partial charge on any atom is -0.476 e. The van der Waals surface area contributed by atoms with E-state index >= 15 is 0 Å². The van der Waals surface area contributed by atoms with E-state index in [1.807, 2.05) is 0 Å². The topological polar surface area (TPSA) is 79.3 Å². The zero-order valence-corrected chi connectivity index (χ0v) is 10.7. The number of nitrogens with one attached hydrogen (secondary N) is 1. The first-order chi connectivity index (χ1) is 9.52. The van der Waals surface area contributed by atoms with Crippen LogP contribution in [-0.2, 0) is 11.2 Å². The number of carboxylic acid groups (broad SMARTS) is 1. The number of rotatable bonds is 5. The average Bonchev–Trinajstić information content (AvgIpc) is 2.78. The maximum absolute atomic E-state index is 13.5. The molecule has 0 aliphatic heterocycles. The molecule has 8 heteroatoms. The molecule has 0 bridgehead atoms. The van der Waals surface area contributed by atoms with E-state index in [-0.39, 0.29) is 27.7 Å². The Balaban J connectivity index is 2.37. The molecule has 20 heavy (non-hydrogen) atoms. The van der Waals surface area contributed by atoms with Crippen molar-refractivity contribution in [2.24, 2.45) is 0 Å². The summed E-state index contributed by atoms with van der Waals surface area (Å²) in [4.78, 5) is 25.1. The van der Waals surface area contributed by atoms with Crippen molar-refractivity contribution < 1.29 is 23.5 Å². The highest BCUT2D eigenvalue weighted by Crippen LogP contribution is 2.27. The van der Waals surface area contributed by atoms with Gasteiger partial charge in [-0.3, -0.25) is 4.79 Å². The molecule has 2 aromatic rings. The van der Waals surface area contributed by atoms with Crippen LogP contribution in [0.2, 0.25) is 0 Å². The summed E-state index contributed by atoms with van der Waals surface area (Å²) in [6, 6.07) is 3.45. The third kappa shape index (κ3) is 2.80. The number of anilines is 1. The van der Waals surface area contributed by atoms with E-state index in [0.717, 1.165) is 23.5 Å². The first-order valence-corrected chi connectivity index (χ1v) is 6.20. The summed E-state index contributed by atoms with van der Waals surface area (Å²) in [5.74, 6) is -2.80. The summed E-state index contributed by atoms with van der Waals surface area (Å²) in [5.41, 5.74) is -0.551. The van der Waals surface area contributed by atoms with Crippen LogP contribution in [0.1, 0.15) is 21.1 Å². The highest BCUT2D eigenvalue weighted by Gasteiger charge is 2.19. The van der Waals surface area contributed by atoms with Crippen LogP contribution in [0, 0.1) is 11.6 Å². The fourth-order valence-electron chi connectivity index (χ4n) is 1.59. The molecule has 1 aromatic heterocycles. The van der Waals surface area contributed by atoms with Gasteiger partial charge in [0, 0.05) is 12.0 Å². The summed E-state index contributed by atoms with van der Waals surface area (Å²) in [6.45, 7) is 0. The van der Waals surface area contributed by atoms with Crippen molar-refractivity contribution >= 4 is 28.7 Å². The lowest BCUT2D eigenvalue weighted by Gasteiger charge is -2.01. The summed E-state index contributed by atoms with van der Waals surface area (Å²) >= 11 is 0.857. The molecule has 0 saturated heterocycles. The Morgan fingerprint density at radius 2 is 2.05 bits per heavy atom. The van der Waals surface area contributed by atoms with Crippen LogP contribution in [-0.4, -0.2) is 22.5 Å². The summed E-state index contributed by atoms with van der Waals surface area (Å²) in [7, 11) is 0. The molecular formula is C12H8F2N2O3S.